The van der Waals surface area contributed by atoms with Crippen LogP contribution in [0.25, 0.3) is 0 Å². The zero-order valence-electron chi connectivity index (χ0n) is 12.7. The summed E-state index contributed by atoms with van der Waals surface area (Å²) in [5, 5.41) is 9.57. The fraction of sp³-hybridized carbons (Fsp3) is 1.00. The lowest BCUT2D eigenvalue weighted by Gasteiger charge is -2.44. The number of ether oxygens (including phenoxy) is 1. The van der Waals surface area contributed by atoms with Crippen LogP contribution in [0.3, 0.4) is 0 Å². The van der Waals surface area contributed by atoms with Gasteiger partial charge in [-0.2, -0.15) is 13.2 Å². The van der Waals surface area contributed by atoms with Crippen LogP contribution in [-0.4, -0.2) is 78.2 Å². The minimum absolute atomic E-state index is 0.345. The Bertz CT molecular complexity index is 342. The van der Waals surface area contributed by atoms with Gasteiger partial charge in [-0.25, -0.2) is 0 Å². The average Bonchev–Trinajstić information content (AvgIpc) is 2.39. The molecule has 0 aromatic rings. The van der Waals surface area contributed by atoms with Gasteiger partial charge in [0.05, 0.1) is 13.2 Å². The van der Waals surface area contributed by atoms with Crippen LogP contribution in [0, 0.1) is 0 Å². The molecule has 2 aliphatic heterocycles. The maximum atomic E-state index is 12.7. The van der Waals surface area contributed by atoms with Gasteiger partial charge >= 0.3 is 6.18 Å². The highest BCUT2D eigenvalue weighted by Crippen LogP contribution is 2.31. The Morgan fingerprint density at radius 3 is 2.33 bits per heavy atom. The maximum absolute atomic E-state index is 12.7. The van der Waals surface area contributed by atoms with Crippen molar-refractivity contribution in [1.29, 1.82) is 0 Å². The van der Waals surface area contributed by atoms with E-state index in [4.69, 9.17) is 4.74 Å². The molecule has 2 atom stereocenters. The number of alkyl halides is 3. The van der Waals surface area contributed by atoms with Crippen molar-refractivity contribution in [3.8, 4) is 0 Å². The van der Waals surface area contributed by atoms with Gasteiger partial charge in [0.25, 0.3) is 0 Å². The van der Waals surface area contributed by atoms with Crippen molar-refractivity contribution in [2.24, 2.45) is 0 Å². The zero-order chi connectivity index (χ0) is 15.7. The second-order valence-electron chi connectivity index (χ2n) is 6.44. The van der Waals surface area contributed by atoms with Gasteiger partial charge in [-0.3, -0.25) is 4.90 Å². The van der Waals surface area contributed by atoms with Crippen LogP contribution in [0.15, 0.2) is 0 Å². The molecular formula is C14H25F3N2O2. The van der Waals surface area contributed by atoms with Gasteiger partial charge in [0.2, 0.25) is 0 Å². The van der Waals surface area contributed by atoms with Gasteiger partial charge < -0.3 is 14.7 Å². The quantitative estimate of drug-likeness (QED) is 0.857. The molecule has 0 spiro atoms. The molecule has 7 heteroatoms. The molecule has 2 rings (SSSR count). The largest absolute Gasteiger partial charge is 0.418 e. The third-order valence-electron chi connectivity index (χ3n) is 4.59. The Labute approximate surface area is 123 Å². The molecule has 0 unspecified atom stereocenters. The zero-order valence-corrected chi connectivity index (χ0v) is 12.7. The van der Waals surface area contributed by atoms with Gasteiger partial charge in [-0.1, -0.05) is 0 Å². The Hall–Kier alpha value is -0.370. The fourth-order valence-electron chi connectivity index (χ4n) is 3.22. The summed E-state index contributed by atoms with van der Waals surface area (Å²) in [5.41, 5.74) is -2.63. The molecule has 1 N–H and O–H groups in total. The highest BCUT2D eigenvalue weighted by Gasteiger charge is 2.50. The summed E-state index contributed by atoms with van der Waals surface area (Å²) >= 11 is 0. The van der Waals surface area contributed by atoms with Crippen molar-refractivity contribution in [2.45, 2.75) is 50.6 Å². The summed E-state index contributed by atoms with van der Waals surface area (Å²) in [5.74, 6) is 0. The number of β-amino-alcohol motifs (C(OH)–C–C–N with tert-alkyl or cyclic N) is 1. The summed E-state index contributed by atoms with van der Waals surface area (Å²) in [6, 6.07) is 0.782. The number of hydrogen-bond acceptors (Lipinski definition) is 4. The van der Waals surface area contributed by atoms with E-state index in [9.17, 15) is 18.3 Å². The predicted octanol–water partition coefficient (Wildman–Crippen LogP) is 1.48. The molecule has 2 fully saturated rings. The van der Waals surface area contributed by atoms with E-state index in [0.717, 1.165) is 39.5 Å². The summed E-state index contributed by atoms with van der Waals surface area (Å²) in [6.07, 6.45) is -2.89. The molecule has 2 aliphatic rings. The molecule has 4 nitrogen and oxygen atoms in total. The molecule has 2 saturated heterocycles. The predicted molar refractivity (Wildman–Crippen MR) is 73.1 cm³/mol. The van der Waals surface area contributed by atoms with E-state index in [1.807, 2.05) is 0 Å². The number of aliphatic hydroxyl groups is 1. The van der Waals surface area contributed by atoms with Gasteiger partial charge in [-0.15, -0.1) is 0 Å². The van der Waals surface area contributed by atoms with E-state index in [1.165, 1.54) is 0 Å². The van der Waals surface area contributed by atoms with Gasteiger partial charge in [0, 0.05) is 25.2 Å². The first-order chi connectivity index (χ1) is 9.71. The monoisotopic (exact) mass is 310 g/mol. The summed E-state index contributed by atoms with van der Waals surface area (Å²) in [6.45, 7) is 6.18. The molecule has 0 aromatic carbocycles. The lowest BCUT2D eigenvalue weighted by Crippen LogP contribution is -2.56. The standard InChI is InChI=1S/C14H25F3N2O2/c1-11-9-21-8-7-19(11)12-3-5-18(6-4-12)10-13(2,20)14(15,16)17/h11-12,20H,3-10H2,1-2H3/t11-,13-/m0/s1. The van der Waals surface area contributed by atoms with Gasteiger partial charge in [0.15, 0.2) is 5.60 Å². The molecule has 2 heterocycles. The topological polar surface area (TPSA) is 35.9 Å². The first-order valence-corrected chi connectivity index (χ1v) is 7.55. The van der Waals surface area contributed by atoms with Crippen molar-refractivity contribution in [2.75, 3.05) is 39.4 Å². The van der Waals surface area contributed by atoms with Crippen LogP contribution in [0.2, 0.25) is 0 Å². The maximum Gasteiger partial charge on any atom is 0.418 e. The highest BCUT2D eigenvalue weighted by molar-refractivity contribution is 4.89. The number of morpholine rings is 1. The van der Waals surface area contributed by atoms with Crippen LogP contribution in [0.1, 0.15) is 26.7 Å². The van der Waals surface area contributed by atoms with E-state index in [1.54, 1.807) is 4.90 Å². The first kappa shape index (κ1) is 17.0. The molecule has 0 amide bonds. The van der Waals surface area contributed by atoms with Gasteiger partial charge in [-0.05, 0) is 39.8 Å². The van der Waals surface area contributed by atoms with Gasteiger partial charge in [0.1, 0.15) is 0 Å². The molecule has 0 aromatic heterocycles. The number of rotatable bonds is 3. The number of piperidine rings is 1. The van der Waals surface area contributed by atoms with Crippen LogP contribution >= 0.6 is 0 Å². The number of halogens is 3. The van der Waals surface area contributed by atoms with E-state index in [2.05, 4.69) is 11.8 Å². The Morgan fingerprint density at radius 1 is 1.19 bits per heavy atom. The molecular weight excluding hydrogens is 285 g/mol. The molecule has 0 saturated carbocycles. The first-order valence-electron chi connectivity index (χ1n) is 7.55. The van der Waals surface area contributed by atoms with Crippen LogP contribution in [0.5, 0.6) is 0 Å². The SMILES string of the molecule is C[C@H]1COCCN1C1CCN(C[C@](C)(O)C(F)(F)F)CC1. The summed E-state index contributed by atoms with van der Waals surface area (Å²) < 4.78 is 43.5. The normalized spacial score (nSPS) is 30.3. The molecule has 0 bridgehead atoms. The van der Waals surface area contributed by atoms with Crippen molar-refractivity contribution < 1.29 is 23.0 Å². The van der Waals surface area contributed by atoms with Crippen molar-refractivity contribution in [3.05, 3.63) is 0 Å². The number of likely N-dealkylation sites (tertiary alicyclic amines) is 1. The third-order valence-corrected chi connectivity index (χ3v) is 4.59. The van der Waals surface area contributed by atoms with Crippen LogP contribution in [-0.2, 0) is 4.74 Å². The van der Waals surface area contributed by atoms with Crippen molar-refractivity contribution in [1.82, 2.24) is 9.80 Å². The Balaban J connectivity index is 1.83. The molecule has 21 heavy (non-hydrogen) atoms. The van der Waals surface area contributed by atoms with Crippen LogP contribution in [0.4, 0.5) is 13.2 Å². The minimum atomic E-state index is -4.58. The van der Waals surface area contributed by atoms with E-state index in [0.29, 0.717) is 25.2 Å². The van der Waals surface area contributed by atoms with E-state index < -0.39 is 11.8 Å². The lowest BCUT2D eigenvalue weighted by atomic mass is 9.98. The van der Waals surface area contributed by atoms with Crippen molar-refractivity contribution in [3.63, 3.8) is 0 Å². The lowest BCUT2D eigenvalue weighted by molar-refractivity contribution is -0.258. The third kappa shape index (κ3) is 4.09. The Kier molecular flexibility index (Phi) is 5.18. The molecule has 0 radical (unpaired) electrons. The van der Waals surface area contributed by atoms with E-state index >= 15 is 0 Å². The second-order valence-corrected chi connectivity index (χ2v) is 6.44. The summed E-state index contributed by atoms with van der Waals surface area (Å²) in [7, 11) is 0. The Morgan fingerprint density at radius 2 is 1.81 bits per heavy atom. The highest BCUT2D eigenvalue weighted by atomic mass is 19.4. The second kappa shape index (κ2) is 6.40. The smallest absolute Gasteiger partial charge is 0.380 e. The molecule has 124 valence electrons. The summed E-state index contributed by atoms with van der Waals surface area (Å²) in [4.78, 5) is 4.12. The van der Waals surface area contributed by atoms with Crippen molar-refractivity contribution >= 4 is 0 Å². The average molecular weight is 310 g/mol. The molecule has 0 aliphatic carbocycles. The number of nitrogens with zero attached hydrogens (tertiary/aromatic N) is 2. The minimum Gasteiger partial charge on any atom is -0.380 e. The number of hydrogen-bond donors (Lipinski definition) is 1. The van der Waals surface area contributed by atoms with E-state index in [-0.39, 0.29) is 6.54 Å². The van der Waals surface area contributed by atoms with Crippen LogP contribution < -0.4 is 0 Å². The fourth-order valence-corrected chi connectivity index (χ4v) is 3.22.